The van der Waals surface area contributed by atoms with Gasteiger partial charge < -0.3 is 9.47 Å². The second-order valence-corrected chi connectivity index (χ2v) is 1.81. The molecule has 0 spiro atoms. The predicted octanol–water partition coefficient (Wildman–Crippen LogP) is -1.49. The number of ether oxygens (including phenoxy) is 2. The fourth-order valence-corrected chi connectivity index (χ4v) is 0.665. The van der Waals surface area contributed by atoms with Gasteiger partial charge in [0.15, 0.2) is 0 Å². The Bertz CT molecular complexity index is 194. The van der Waals surface area contributed by atoms with Gasteiger partial charge in [0, 0.05) is 11.5 Å². The molecule has 3 heteroatoms. The van der Waals surface area contributed by atoms with Gasteiger partial charge in [-0.3, -0.25) is 0 Å². The standard InChI is InChI=1S/C8H9O2.Li/c1-9-7-4-3-5-8(6-7)10-2;/h4-6H,1-2H3;/q-1;+1. The molecule has 1 aromatic carbocycles. The van der Waals surface area contributed by atoms with Crippen molar-refractivity contribution in [3.8, 4) is 11.5 Å². The van der Waals surface area contributed by atoms with Gasteiger partial charge in [0.1, 0.15) is 0 Å². The molecule has 1 rings (SSSR count). The normalized spacial score (nSPS) is 8.18. The molecule has 0 saturated carbocycles. The molecule has 0 unspecified atom stereocenters. The molecule has 0 aliphatic carbocycles. The van der Waals surface area contributed by atoms with E-state index in [1.165, 1.54) is 0 Å². The monoisotopic (exact) mass is 144 g/mol. The van der Waals surface area contributed by atoms with Crippen LogP contribution in [0.25, 0.3) is 0 Å². The van der Waals surface area contributed by atoms with Crippen molar-refractivity contribution < 1.29 is 28.3 Å². The SMILES string of the molecule is COc1c[c-]cc(OC)c1.[Li+]. The summed E-state index contributed by atoms with van der Waals surface area (Å²) in [6, 6.07) is 8.19. The Morgan fingerprint density at radius 1 is 1.09 bits per heavy atom. The van der Waals surface area contributed by atoms with Crippen LogP contribution in [0.5, 0.6) is 11.5 Å². The minimum atomic E-state index is 0. The molecule has 0 bridgehead atoms. The van der Waals surface area contributed by atoms with Crippen LogP contribution in [0, 0.1) is 6.07 Å². The average molecular weight is 144 g/mol. The van der Waals surface area contributed by atoms with Crippen molar-refractivity contribution in [1.29, 1.82) is 0 Å². The second kappa shape index (κ2) is 5.12. The molecule has 0 saturated heterocycles. The van der Waals surface area contributed by atoms with Crippen LogP contribution in [-0.4, -0.2) is 14.2 Å². The van der Waals surface area contributed by atoms with Crippen molar-refractivity contribution in [3.05, 3.63) is 24.3 Å². The minimum Gasteiger partial charge on any atom is -0.554 e. The summed E-state index contributed by atoms with van der Waals surface area (Å²) < 4.78 is 9.89. The van der Waals surface area contributed by atoms with Crippen LogP contribution in [0.15, 0.2) is 18.2 Å². The topological polar surface area (TPSA) is 18.5 Å². The van der Waals surface area contributed by atoms with Crippen LogP contribution in [0.1, 0.15) is 0 Å². The predicted molar refractivity (Wildman–Crippen MR) is 38.4 cm³/mol. The third-order valence-electron chi connectivity index (χ3n) is 1.21. The molecule has 0 heterocycles. The summed E-state index contributed by atoms with van der Waals surface area (Å²) in [5.74, 6) is 1.53. The van der Waals surface area contributed by atoms with Crippen molar-refractivity contribution in [2.24, 2.45) is 0 Å². The third kappa shape index (κ3) is 2.88. The largest absolute Gasteiger partial charge is 1.00 e. The zero-order chi connectivity index (χ0) is 7.40. The van der Waals surface area contributed by atoms with Gasteiger partial charge in [-0.1, -0.05) is 6.07 Å². The van der Waals surface area contributed by atoms with Crippen molar-refractivity contribution in [1.82, 2.24) is 0 Å². The first-order valence-electron chi connectivity index (χ1n) is 2.96. The maximum atomic E-state index is 4.95. The second-order valence-electron chi connectivity index (χ2n) is 1.81. The maximum Gasteiger partial charge on any atom is 1.00 e. The Balaban J connectivity index is 0.000001000. The van der Waals surface area contributed by atoms with Gasteiger partial charge in [-0.2, -0.15) is 6.07 Å². The van der Waals surface area contributed by atoms with Crippen LogP contribution < -0.4 is 28.3 Å². The first-order chi connectivity index (χ1) is 4.86. The third-order valence-corrected chi connectivity index (χ3v) is 1.21. The zero-order valence-electron chi connectivity index (χ0n) is 7.05. The molecule has 0 aliphatic rings. The molecule has 54 valence electrons. The van der Waals surface area contributed by atoms with Crippen LogP contribution >= 0.6 is 0 Å². The maximum absolute atomic E-state index is 4.95. The molecule has 0 radical (unpaired) electrons. The molecule has 0 fully saturated rings. The fourth-order valence-electron chi connectivity index (χ4n) is 0.665. The Kier molecular flexibility index (Phi) is 4.85. The van der Waals surface area contributed by atoms with E-state index in [0.717, 1.165) is 11.5 Å². The van der Waals surface area contributed by atoms with E-state index >= 15 is 0 Å². The summed E-state index contributed by atoms with van der Waals surface area (Å²) in [6.45, 7) is 0. The van der Waals surface area contributed by atoms with Gasteiger partial charge in [-0.25, -0.2) is 0 Å². The van der Waals surface area contributed by atoms with Crippen molar-refractivity contribution in [2.75, 3.05) is 14.2 Å². The van der Waals surface area contributed by atoms with Crippen LogP contribution in [0.2, 0.25) is 0 Å². The van der Waals surface area contributed by atoms with Gasteiger partial charge >= 0.3 is 18.9 Å². The van der Waals surface area contributed by atoms with Crippen molar-refractivity contribution in [3.63, 3.8) is 0 Å². The van der Waals surface area contributed by atoms with Crippen LogP contribution in [-0.2, 0) is 0 Å². The van der Waals surface area contributed by atoms with E-state index in [4.69, 9.17) is 9.47 Å². The molecule has 0 atom stereocenters. The van der Waals surface area contributed by atoms with E-state index in [0.29, 0.717) is 0 Å². The van der Waals surface area contributed by atoms with Crippen LogP contribution in [0.3, 0.4) is 0 Å². The Hall–Kier alpha value is -0.583. The van der Waals surface area contributed by atoms with Crippen LogP contribution in [0.4, 0.5) is 0 Å². The molecule has 2 nitrogen and oxygen atoms in total. The van der Waals surface area contributed by atoms with Gasteiger partial charge in [0.25, 0.3) is 0 Å². The van der Waals surface area contributed by atoms with E-state index < -0.39 is 0 Å². The Labute approximate surface area is 78.7 Å². The molecule has 11 heavy (non-hydrogen) atoms. The number of benzene rings is 1. The molecule has 0 aliphatic heterocycles. The number of hydrogen-bond donors (Lipinski definition) is 0. The van der Waals surface area contributed by atoms with E-state index in [9.17, 15) is 0 Å². The van der Waals surface area contributed by atoms with Crippen molar-refractivity contribution >= 4 is 0 Å². The molecular formula is C8H9LiO2. The van der Waals surface area contributed by atoms with Gasteiger partial charge in [0.2, 0.25) is 0 Å². The van der Waals surface area contributed by atoms with Gasteiger partial charge in [0.05, 0.1) is 14.2 Å². The average Bonchev–Trinajstić information content (AvgIpc) is 2.05. The van der Waals surface area contributed by atoms with Gasteiger partial charge in [-0.15, -0.1) is 12.1 Å². The summed E-state index contributed by atoms with van der Waals surface area (Å²) in [4.78, 5) is 0. The van der Waals surface area contributed by atoms with Gasteiger partial charge in [-0.05, 0) is 0 Å². The molecule has 0 aromatic heterocycles. The summed E-state index contributed by atoms with van der Waals surface area (Å²) >= 11 is 0. The van der Waals surface area contributed by atoms with Crippen molar-refractivity contribution in [2.45, 2.75) is 0 Å². The summed E-state index contributed by atoms with van der Waals surface area (Å²) in [6.07, 6.45) is 0. The molecule has 0 N–H and O–H groups in total. The fraction of sp³-hybridized carbons (Fsp3) is 0.250. The number of hydrogen-bond acceptors (Lipinski definition) is 2. The Morgan fingerprint density at radius 3 is 1.91 bits per heavy atom. The first kappa shape index (κ1) is 10.4. The minimum absolute atomic E-state index is 0. The van der Waals surface area contributed by atoms with E-state index in [-0.39, 0.29) is 18.9 Å². The molecule has 0 amide bonds. The van der Waals surface area contributed by atoms with E-state index in [2.05, 4.69) is 6.07 Å². The molecular weight excluding hydrogens is 135 g/mol. The smallest absolute Gasteiger partial charge is 0.554 e. The Morgan fingerprint density at radius 2 is 1.55 bits per heavy atom. The number of rotatable bonds is 2. The first-order valence-corrected chi connectivity index (χ1v) is 2.96. The number of methoxy groups -OCH3 is 2. The zero-order valence-corrected chi connectivity index (χ0v) is 7.05. The van der Waals surface area contributed by atoms with E-state index in [1.807, 2.05) is 0 Å². The summed E-state index contributed by atoms with van der Waals surface area (Å²) in [5.41, 5.74) is 0. The summed E-state index contributed by atoms with van der Waals surface area (Å²) in [5, 5.41) is 0. The van der Waals surface area contributed by atoms with E-state index in [1.54, 1.807) is 32.4 Å². The molecule has 1 aromatic rings. The quantitative estimate of drug-likeness (QED) is 0.372. The summed E-state index contributed by atoms with van der Waals surface area (Å²) in [7, 11) is 3.23.